The van der Waals surface area contributed by atoms with Gasteiger partial charge in [0.25, 0.3) is 0 Å². The van der Waals surface area contributed by atoms with E-state index < -0.39 is 0 Å². The summed E-state index contributed by atoms with van der Waals surface area (Å²) in [6.07, 6.45) is 8.06. The Morgan fingerprint density at radius 1 is 1.11 bits per heavy atom. The molecule has 0 aromatic heterocycles. The number of anilines is 1. The fourth-order valence-electron chi connectivity index (χ4n) is 3.32. The van der Waals surface area contributed by atoms with Crippen LogP contribution in [0.5, 0.6) is 0 Å². The summed E-state index contributed by atoms with van der Waals surface area (Å²) in [6.45, 7) is 11.3. The van der Waals surface area contributed by atoms with Crippen molar-refractivity contribution in [3.63, 3.8) is 0 Å². The number of allylic oxidation sites excluding steroid dienone is 2. The maximum absolute atomic E-state index is 3.62. The lowest BCUT2D eigenvalue weighted by molar-refractivity contribution is 0.794. The Bertz CT molecular complexity index is 540. The highest BCUT2D eigenvalue weighted by Crippen LogP contribution is 2.34. The minimum absolute atomic E-state index is 1.07. The molecular formula is C18H21N. The predicted molar refractivity (Wildman–Crippen MR) is 81.3 cm³/mol. The molecule has 0 saturated heterocycles. The highest BCUT2D eigenvalue weighted by molar-refractivity contribution is 5.64. The van der Waals surface area contributed by atoms with Crippen molar-refractivity contribution in [2.45, 2.75) is 40.0 Å². The lowest BCUT2D eigenvalue weighted by atomic mass is 10.0. The van der Waals surface area contributed by atoms with Crippen molar-refractivity contribution in [1.82, 2.24) is 0 Å². The van der Waals surface area contributed by atoms with Crippen LogP contribution in [-0.4, -0.2) is 6.54 Å². The largest absolute Gasteiger partial charge is 0.356 e. The van der Waals surface area contributed by atoms with Crippen molar-refractivity contribution in [3.8, 4) is 0 Å². The Morgan fingerprint density at radius 3 is 2.58 bits per heavy atom. The molecule has 0 N–H and O–H groups in total. The average Bonchev–Trinajstić information content (AvgIpc) is 2.67. The topological polar surface area (TPSA) is 3.24 Å². The highest BCUT2D eigenvalue weighted by Gasteiger charge is 2.21. The van der Waals surface area contributed by atoms with Gasteiger partial charge >= 0.3 is 0 Å². The highest BCUT2D eigenvalue weighted by atomic mass is 15.1. The van der Waals surface area contributed by atoms with Crippen LogP contribution in [0.4, 0.5) is 5.69 Å². The van der Waals surface area contributed by atoms with Gasteiger partial charge in [0.1, 0.15) is 6.54 Å². The van der Waals surface area contributed by atoms with Crippen LogP contribution in [-0.2, 0) is 0 Å². The third kappa shape index (κ3) is 2.34. The van der Waals surface area contributed by atoms with Crippen molar-refractivity contribution >= 4 is 5.69 Å². The summed E-state index contributed by atoms with van der Waals surface area (Å²) in [5.41, 5.74) is 8.28. The van der Waals surface area contributed by atoms with Gasteiger partial charge in [-0.1, -0.05) is 35.4 Å². The van der Waals surface area contributed by atoms with E-state index in [1.165, 1.54) is 40.8 Å². The molecule has 0 spiro atoms. The fraction of sp³-hybridized carbons (Fsp3) is 0.389. The van der Waals surface area contributed by atoms with Gasteiger partial charge in [-0.05, 0) is 56.7 Å². The second-order valence-electron chi connectivity index (χ2n) is 5.74. The zero-order chi connectivity index (χ0) is 13.4. The summed E-state index contributed by atoms with van der Waals surface area (Å²) in [5, 5.41) is 0. The van der Waals surface area contributed by atoms with Crippen LogP contribution in [0.25, 0.3) is 0 Å². The van der Waals surface area contributed by atoms with Gasteiger partial charge in [-0.25, -0.2) is 0 Å². The first kappa shape index (κ1) is 12.5. The number of nitrogens with zero attached hydrogens (tertiary/aromatic N) is 1. The molecule has 1 heteroatoms. The molecule has 3 rings (SSSR count). The quantitative estimate of drug-likeness (QED) is 0.710. The Hall–Kier alpha value is -1.50. The predicted octanol–water partition coefficient (Wildman–Crippen LogP) is 4.51. The molecule has 0 unspecified atom stereocenters. The molecule has 1 aliphatic carbocycles. The standard InChI is InChI=1S/C18H21N/c1-13-10-14(2)18(15(3)11-13)19-9-5-8-16-6-4-7-17(16)12-19/h4,7,10-11H,5-6,8-9H2,1-3H3. The Morgan fingerprint density at radius 2 is 1.84 bits per heavy atom. The van der Waals surface area contributed by atoms with Crippen molar-refractivity contribution < 1.29 is 0 Å². The van der Waals surface area contributed by atoms with Crippen LogP contribution in [0, 0.1) is 27.3 Å². The lowest BCUT2D eigenvalue weighted by Gasteiger charge is -2.26. The van der Waals surface area contributed by atoms with Crippen LogP contribution in [0.2, 0.25) is 0 Å². The maximum atomic E-state index is 3.62. The number of benzene rings is 1. The number of hydrogen-bond donors (Lipinski definition) is 0. The molecule has 0 saturated carbocycles. The van der Waals surface area contributed by atoms with E-state index in [-0.39, 0.29) is 0 Å². The molecule has 2 aliphatic rings. The molecule has 19 heavy (non-hydrogen) atoms. The minimum Gasteiger partial charge on any atom is -0.356 e. The lowest BCUT2D eigenvalue weighted by Crippen LogP contribution is -2.22. The summed E-state index contributed by atoms with van der Waals surface area (Å²) in [7, 11) is 0. The number of rotatable bonds is 1. The van der Waals surface area contributed by atoms with Crippen molar-refractivity contribution in [3.05, 3.63) is 58.7 Å². The molecule has 0 bridgehead atoms. The summed E-state index contributed by atoms with van der Waals surface area (Å²) < 4.78 is 0. The van der Waals surface area contributed by atoms with Gasteiger partial charge in [-0.2, -0.15) is 0 Å². The van der Waals surface area contributed by atoms with Crippen molar-refractivity contribution in [2.24, 2.45) is 0 Å². The van der Waals surface area contributed by atoms with E-state index in [0.717, 1.165) is 13.0 Å². The van der Waals surface area contributed by atoms with E-state index in [0.29, 0.717) is 0 Å². The van der Waals surface area contributed by atoms with E-state index in [9.17, 15) is 0 Å². The van der Waals surface area contributed by atoms with Gasteiger partial charge in [0.2, 0.25) is 0 Å². The van der Waals surface area contributed by atoms with Gasteiger partial charge < -0.3 is 4.90 Å². The van der Waals surface area contributed by atoms with Gasteiger partial charge in [-0.3, -0.25) is 0 Å². The van der Waals surface area contributed by atoms with E-state index in [1.807, 2.05) is 0 Å². The first-order valence-electron chi connectivity index (χ1n) is 7.16. The summed E-state index contributed by atoms with van der Waals surface area (Å²) in [5.74, 6) is 0. The zero-order valence-electron chi connectivity index (χ0n) is 12.1. The molecule has 0 amide bonds. The molecule has 1 heterocycles. The van der Waals surface area contributed by atoms with E-state index in [1.54, 1.807) is 5.57 Å². The summed E-state index contributed by atoms with van der Waals surface area (Å²) >= 11 is 0. The average molecular weight is 251 g/mol. The molecule has 0 atom stereocenters. The molecule has 0 fully saturated rings. The molecule has 1 aromatic rings. The SMILES string of the molecule is Cc1cc(C)c(N2[C]C3=C(CC=C3)CCC2)c(C)c1. The van der Waals surface area contributed by atoms with E-state index >= 15 is 0 Å². The summed E-state index contributed by atoms with van der Waals surface area (Å²) in [4.78, 5) is 2.34. The van der Waals surface area contributed by atoms with Gasteiger partial charge in [0.05, 0.1) is 0 Å². The monoisotopic (exact) mass is 251 g/mol. The Kier molecular flexibility index (Phi) is 3.22. The van der Waals surface area contributed by atoms with Gasteiger partial charge in [-0.15, -0.1) is 0 Å². The van der Waals surface area contributed by atoms with Crippen molar-refractivity contribution in [2.75, 3.05) is 11.4 Å². The van der Waals surface area contributed by atoms with Crippen molar-refractivity contribution in [1.29, 1.82) is 0 Å². The molecule has 1 aromatic carbocycles. The van der Waals surface area contributed by atoms with Crippen LogP contribution in [0.15, 0.2) is 35.4 Å². The first-order valence-corrected chi connectivity index (χ1v) is 7.16. The first-order chi connectivity index (χ1) is 9.15. The van der Waals surface area contributed by atoms with Crippen LogP contribution >= 0.6 is 0 Å². The van der Waals surface area contributed by atoms with Gasteiger partial charge in [0.15, 0.2) is 0 Å². The number of hydrogen-bond acceptors (Lipinski definition) is 1. The summed E-state index contributed by atoms with van der Waals surface area (Å²) in [6, 6.07) is 4.55. The zero-order valence-corrected chi connectivity index (χ0v) is 12.1. The number of aryl methyl sites for hydroxylation is 3. The minimum atomic E-state index is 1.07. The van der Waals surface area contributed by atoms with Crippen LogP contribution < -0.4 is 4.90 Å². The fourth-order valence-corrected chi connectivity index (χ4v) is 3.32. The normalized spacial score (nSPS) is 18.8. The van der Waals surface area contributed by atoms with Crippen LogP contribution in [0.3, 0.4) is 0 Å². The molecule has 1 aliphatic heterocycles. The second-order valence-corrected chi connectivity index (χ2v) is 5.74. The smallest absolute Gasteiger partial charge is 0.126 e. The third-order valence-corrected chi connectivity index (χ3v) is 4.05. The van der Waals surface area contributed by atoms with Crippen LogP contribution in [0.1, 0.15) is 36.0 Å². The molecule has 1 nitrogen and oxygen atoms in total. The third-order valence-electron chi connectivity index (χ3n) is 4.05. The second kappa shape index (κ2) is 4.88. The maximum Gasteiger partial charge on any atom is 0.126 e. The molecule has 2 radical (unpaired) electrons. The Labute approximate surface area is 116 Å². The van der Waals surface area contributed by atoms with E-state index in [4.69, 9.17) is 0 Å². The Balaban J connectivity index is 1.96. The molecular weight excluding hydrogens is 230 g/mol. The molecule has 98 valence electrons. The van der Waals surface area contributed by atoms with Gasteiger partial charge in [0, 0.05) is 12.2 Å². The van der Waals surface area contributed by atoms with E-state index in [2.05, 4.69) is 56.5 Å².